The molecule has 0 radical (unpaired) electrons. The molecule has 1 fully saturated rings. The lowest BCUT2D eigenvalue weighted by atomic mass is 10.1. The van der Waals surface area contributed by atoms with Crippen LogP contribution in [0, 0.1) is 6.92 Å². The Morgan fingerprint density at radius 3 is 2.30 bits per heavy atom. The Morgan fingerprint density at radius 2 is 1.73 bits per heavy atom. The number of rotatable bonds is 6. The number of carbonyl (C=O) groups excluding carboxylic acids is 1. The van der Waals surface area contributed by atoms with Crippen molar-refractivity contribution in [2.75, 3.05) is 37.6 Å². The average Bonchev–Trinajstić information content (AvgIpc) is 2.73. The Bertz CT molecular complexity index is 998. The van der Waals surface area contributed by atoms with Crippen LogP contribution in [0.25, 0.3) is 0 Å². The van der Waals surface area contributed by atoms with Gasteiger partial charge in [-0.1, -0.05) is 20.8 Å². The van der Waals surface area contributed by atoms with Crippen molar-refractivity contribution < 1.29 is 13.2 Å². The number of hydrogen-bond acceptors (Lipinski definition) is 6. The van der Waals surface area contributed by atoms with Crippen LogP contribution in [0.2, 0.25) is 0 Å². The van der Waals surface area contributed by atoms with E-state index in [-0.39, 0.29) is 16.7 Å². The van der Waals surface area contributed by atoms with Crippen molar-refractivity contribution in [1.82, 2.24) is 19.6 Å². The number of amides is 1. The summed E-state index contributed by atoms with van der Waals surface area (Å²) in [6.45, 7) is 10.7. The van der Waals surface area contributed by atoms with Crippen LogP contribution in [-0.2, 0) is 10.0 Å². The lowest BCUT2D eigenvalue weighted by Crippen LogP contribution is -2.49. The van der Waals surface area contributed by atoms with Crippen molar-refractivity contribution in [2.24, 2.45) is 0 Å². The molecular weight excluding hydrogens is 402 g/mol. The Labute approximate surface area is 178 Å². The maximum Gasteiger partial charge on any atom is 0.253 e. The van der Waals surface area contributed by atoms with Gasteiger partial charge in [-0.25, -0.2) is 23.1 Å². The molecule has 1 aromatic heterocycles. The highest BCUT2D eigenvalue weighted by atomic mass is 32.2. The minimum atomic E-state index is -3.52. The molecule has 1 saturated heterocycles. The van der Waals surface area contributed by atoms with Crippen molar-refractivity contribution in [1.29, 1.82) is 0 Å². The van der Waals surface area contributed by atoms with E-state index >= 15 is 0 Å². The zero-order chi connectivity index (χ0) is 21.9. The molecular formula is C21H29N5O3S. The second-order valence-corrected chi connectivity index (χ2v) is 9.45. The number of aryl methyl sites for hydroxylation is 1. The van der Waals surface area contributed by atoms with Crippen molar-refractivity contribution in [3.05, 3.63) is 47.4 Å². The molecule has 0 bridgehead atoms. The molecule has 9 heteroatoms. The molecule has 3 rings (SSSR count). The number of hydrogen-bond donors (Lipinski definition) is 1. The predicted octanol–water partition coefficient (Wildman–Crippen LogP) is 2.17. The van der Waals surface area contributed by atoms with Gasteiger partial charge in [0.2, 0.25) is 10.0 Å². The van der Waals surface area contributed by atoms with E-state index in [1.807, 2.05) is 13.0 Å². The fraction of sp³-hybridized carbons (Fsp3) is 0.476. The van der Waals surface area contributed by atoms with E-state index in [0.717, 1.165) is 17.3 Å². The normalized spacial score (nSPS) is 15.0. The van der Waals surface area contributed by atoms with E-state index in [1.54, 1.807) is 24.0 Å². The maximum atomic E-state index is 12.8. The molecule has 0 atom stereocenters. The Hall–Kier alpha value is -2.52. The first-order valence-electron chi connectivity index (χ1n) is 10.2. The summed E-state index contributed by atoms with van der Waals surface area (Å²) in [6, 6.07) is 8.06. The van der Waals surface area contributed by atoms with Crippen molar-refractivity contribution in [3.63, 3.8) is 0 Å². The Morgan fingerprint density at radius 1 is 1.10 bits per heavy atom. The molecule has 1 aliphatic rings. The molecule has 1 N–H and O–H groups in total. The van der Waals surface area contributed by atoms with Crippen molar-refractivity contribution in [3.8, 4) is 0 Å². The summed E-state index contributed by atoms with van der Waals surface area (Å²) in [7, 11) is -3.52. The third-order valence-electron chi connectivity index (χ3n) is 5.01. The smallest absolute Gasteiger partial charge is 0.253 e. The average molecular weight is 432 g/mol. The summed E-state index contributed by atoms with van der Waals surface area (Å²) in [4.78, 5) is 26.2. The van der Waals surface area contributed by atoms with Gasteiger partial charge in [0.05, 0.1) is 4.90 Å². The lowest BCUT2D eigenvalue weighted by molar-refractivity contribution is 0.0746. The van der Waals surface area contributed by atoms with Crippen LogP contribution in [0.5, 0.6) is 0 Å². The zero-order valence-corrected chi connectivity index (χ0v) is 18.7. The first-order valence-corrected chi connectivity index (χ1v) is 11.7. The van der Waals surface area contributed by atoms with Gasteiger partial charge < -0.3 is 9.80 Å². The molecule has 8 nitrogen and oxygen atoms in total. The van der Waals surface area contributed by atoms with Gasteiger partial charge in [0.15, 0.2) is 0 Å². The minimum Gasteiger partial charge on any atom is -0.353 e. The van der Waals surface area contributed by atoms with Crippen molar-refractivity contribution in [2.45, 2.75) is 38.5 Å². The molecule has 2 aromatic rings. The minimum absolute atomic E-state index is 0.0937. The first-order chi connectivity index (χ1) is 14.2. The van der Waals surface area contributed by atoms with Gasteiger partial charge in [-0.3, -0.25) is 4.79 Å². The highest BCUT2D eigenvalue weighted by molar-refractivity contribution is 7.89. The number of anilines is 1. The molecule has 1 amide bonds. The monoisotopic (exact) mass is 431 g/mol. The van der Waals surface area contributed by atoms with Gasteiger partial charge in [-0.15, -0.1) is 0 Å². The van der Waals surface area contributed by atoms with E-state index in [2.05, 4.69) is 33.4 Å². The number of nitrogens with zero attached hydrogens (tertiary/aromatic N) is 4. The van der Waals surface area contributed by atoms with Crippen LogP contribution in [0.4, 0.5) is 5.82 Å². The molecule has 2 heterocycles. The molecule has 0 aliphatic carbocycles. The molecule has 1 aliphatic heterocycles. The number of aromatic nitrogens is 2. The highest BCUT2D eigenvalue weighted by Crippen LogP contribution is 2.20. The van der Waals surface area contributed by atoms with Crippen LogP contribution >= 0.6 is 0 Å². The van der Waals surface area contributed by atoms with Gasteiger partial charge in [0, 0.05) is 56.0 Å². The second kappa shape index (κ2) is 9.09. The van der Waals surface area contributed by atoms with Crippen LogP contribution in [-0.4, -0.2) is 61.9 Å². The zero-order valence-electron chi connectivity index (χ0n) is 17.9. The van der Waals surface area contributed by atoms with Crippen LogP contribution in [0.1, 0.15) is 48.6 Å². The number of nitrogens with one attached hydrogen (secondary N) is 1. The van der Waals surface area contributed by atoms with E-state index in [4.69, 9.17) is 0 Å². The summed E-state index contributed by atoms with van der Waals surface area (Å²) in [5.41, 5.74) is 1.42. The topological polar surface area (TPSA) is 95.5 Å². The SMILES string of the molecule is CCNS(=O)(=O)c1ccc(C(=O)N2CCN(c3cc(C)nc(C(C)C)n3)CC2)cc1. The molecule has 0 saturated carbocycles. The molecule has 1 aromatic carbocycles. The summed E-state index contributed by atoms with van der Waals surface area (Å²) >= 11 is 0. The van der Waals surface area contributed by atoms with Gasteiger partial charge >= 0.3 is 0 Å². The summed E-state index contributed by atoms with van der Waals surface area (Å²) < 4.78 is 26.6. The van der Waals surface area contributed by atoms with E-state index in [9.17, 15) is 13.2 Å². The molecule has 30 heavy (non-hydrogen) atoms. The Balaban J connectivity index is 1.66. The summed E-state index contributed by atoms with van der Waals surface area (Å²) in [6.07, 6.45) is 0. The lowest BCUT2D eigenvalue weighted by Gasteiger charge is -2.35. The van der Waals surface area contributed by atoms with Gasteiger partial charge in [-0.2, -0.15) is 0 Å². The molecule has 0 spiro atoms. The van der Waals surface area contributed by atoms with E-state index in [1.165, 1.54) is 12.1 Å². The number of piperazine rings is 1. The van der Waals surface area contributed by atoms with Gasteiger partial charge in [0.1, 0.15) is 11.6 Å². The second-order valence-electron chi connectivity index (χ2n) is 7.69. The van der Waals surface area contributed by atoms with Crippen LogP contribution in [0.3, 0.4) is 0 Å². The third-order valence-corrected chi connectivity index (χ3v) is 6.57. The molecule has 0 unspecified atom stereocenters. The number of carbonyl (C=O) groups is 1. The maximum absolute atomic E-state index is 12.8. The van der Waals surface area contributed by atoms with Crippen LogP contribution < -0.4 is 9.62 Å². The first kappa shape index (κ1) is 22.2. The van der Waals surface area contributed by atoms with Gasteiger partial charge in [-0.05, 0) is 31.2 Å². The highest BCUT2D eigenvalue weighted by Gasteiger charge is 2.24. The number of benzene rings is 1. The van der Waals surface area contributed by atoms with Gasteiger partial charge in [0.25, 0.3) is 5.91 Å². The summed E-state index contributed by atoms with van der Waals surface area (Å²) in [5.74, 6) is 1.89. The standard InChI is InChI=1S/C21H29N5O3S/c1-5-22-30(28,29)18-8-6-17(7-9-18)21(27)26-12-10-25(11-13-26)19-14-16(4)23-20(24-19)15(2)3/h6-9,14-15,22H,5,10-13H2,1-4H3. The van der Waals surface area contributed by atoms with Crippen LogP contribution in [0.15, 0.2) is 35.2 Å². The molecule has 162 valence electrons. The number of sulfonamides is 1. The summed E-state index contributed by atoms with van der Waals surface area (Å²) in [5, 5.41) is 0. The fourth-order valence-electron chi connectivity index (χ4n) is 3.37. The van der Waals surface area contributed by atoms with E-state index in [0.29, 0.717) is 38.3 Å². The Kier molecular flexibility index (Phi) is 6.72. The largest absolute Gasteiger partial charge is 0.353 e. The quantitative estimate of drug-likeness (QED) is 0.753. The predicted molar refractivity (Wildman–Crippen MR) is 116 cm³/mol. The van der Waals surface area contributed by atoms with Crippen molar-refractivity contribution >= 4 is 21.7 Å². The third kappa shape index (κ3) is 4.96. The van der Waals surface area contributed by atoms with E-state index < -0.39 is 10.0 Å². The fourth-order valence-corrected chi connectivity index (χ4v) is 4.41.